The van der Waals surface area contributed by atoms with E-state index in [2.05, 4.69) is 36.7 Å². The first-order chi connectivity index (χ1) is 31.6. The maximum Gasteiger partial charge on any atom is 0.328 e. The van der Waals surface area contributed by atoms with Crippen LogP contribution in [0.4, 0.5) is 15.8 Å². The largest absolute Gasteiger partial charge is 0.488 e. The highest BCUT2D eigenvalue weighted by Crippen LogP contribution is 2.23. The van der Waals surface area contributed by atoms with Gasteiger partial charge >= 0.3 is 5.69 Å². The summed E-state index contributed by atoms with van der Waals surface area (Å²) in [5.41, 5.74) is 1.61. The first-order valence-electron chi connectivity index (χ1n) is 21.1. The van der Waals surface area contributed by atoms with Gasteiger partial charge in [-0.3, -0.25) is 33.3 Å². The molecule has 5 aromatic rings. The summed E-state index contributed by atoms with van der Waals surface area (Å²) in [6.45, 7) is 9.39. The summed E-state index contributed by atoms with van der Waals surface area (Å²) in [4.78, 5) is 90.8. The molecule has 2 atom stereocenters. The molecule has 2 aromatic heterocycles. The Balaban J connectivity index is 0.948. The highest BCUT2D eigenvalue weighted by Gasteiger charge is 2.27. The van der Waals surface area contributed by atoms with E-state index in [0.717, 1.165) is 5.56 Å². The van der Waals surface area contributed by atoms with Crippen molar-refractivity contribution >= 4 is 40.9 Å². The van der Waals surface area contributed by atoms with Crippen LogP contribution in [0, 0.1) is 25.6 Å². The molecule has 0 aliphatic rings. The zero-order valence-corrected chi connectivity index (χ0v) is 37.2. The van der Waals surface area contributed by atoms with Crippen LogP contribution in [0.15, 0.2) is 93.1 Å². The number of aromatic nitrogens is 3. The summed E-state index contributed by atoms with van der Waals surface area (Å²) in [6, 6.07) is 17.6. The van der Waals surface area contributed by atoms with Gasteiger partial charge in [0.05, 0.1) is 49.8 Å². The standard InChI is InChI=1S/C46H53FN8O11/c1-27(2)40(44(60)50-29(4)41(57)51-33-15-13-31(14-16-33)25-55-45(61)37(47)24-49-46(55)62)53-39(56)17-19-63-21-22-64-20-18-48-42(58)32-9-8-10-34(23-32)52-43(59)35-11-6-7-12-38(35)65-26-36-28(3)54-66-30(36)5/h6-16,23-24,27,29,40H,17-22,25-26H2,1-5H3,(H,48,58)(H,49,62)(H,50,60)(H,51,57)(H,52,59)(H,53,56)/t29-,40-/m0/s1. The molecule has 3 aromatic carbocycles. The van der Waals surface area contributed by atoms with Crippen LogP contribution in [-0.2, 0) is 37.0 Å². The second-order valence-electron chi connectivity index (χ2n) is 15.4. The number of H-pyrrole nitrogens is 1. The number of halogens is 1. The molecule has 19 nitrogen and oxygen atoms in total. The number of para-hydroxylation sites is 1. The van der Waals surface area contributed by atoms with Gasteiger partial charge in [0.2, 0.25) is 23.5 Å². The molecule has 5 amide bonds. The molecule has 0 radical (unpaired) electrons. The average Bonchev–Trinajstić information content (AvgIpc) is 3.62. The normalized spacial score (nSPS) is 11.9. The third kappa shape index (κ3) is 14.3. The number of nitrogens with zero attached hydrogens (tertiary/aromatic N) is 2. The fourth-order valence-electron chi connectivity index (χ4n) is 6.31. The zero-order chi connectivity index (χ0) is 47.8. The fourth-order valence-corrected chi connectivity index (χ4v) is 6.31. The predicted octanol–water partition coefficient (Wildman–Crippen LogP) is 3.60. The van der Waals surface area contributed by atoms with Crippen LogP contribution >= 0.6 is 0 Å². The van der Waals surface area contributed by atoms with Gasteiger partial charge < -0.3 is 50.3 Å². The molecule has 350 valence electrons. The van der Waals surface area contributed by atoms with E-state index < -0.39 is 52.8 Å². The SMILES string of the molecule is Cc1noc(C)c1COc1ccccc1C(=O)Nc1cccc(C(=O)NCCOCCOCCC(=O)N[C@H](C(=O)N[C@@H](C)C(=O)Nc2ccc(Cn3c(=O)[nH]cc(F)c3=O)cc2)C(C)C)c1. The van der Waals surface area contributed by atoms with Crippen molar-refractivity contribution in [2.45, 2.75) is 66.3 Å². The molecule has 0 bridgehead atoms. The van der Waals surface area contributed by atoms with Crippen LogP contribution in [0.1, 0.15) is 70.5 Å². The third-order valence-electron chi connectivity index (χ3n) is 10.0. The molecular formula is C46H53FN8O11. The summed E-state index contributed by atoms with van der Waals surface area (Å²) in [6.07, 6.45) is 0.658. The minimum atomic E-state index is -1.09. The lowest BCUT2D eigenvalue weighted by Gasteiger charge is -2.24. The second kappa shape index (κ2) is 24.0. The lowest BCUT2D eigenvalue weighted by Crippen LogP contribution is -2.53. The van der Waals surface area contributed by atoms with E-state index in [1.54, 1.807) is 81.4 Å². The minimum Gasteiger partial charge on any atom is -0.488 e. The predicted molar refractivity (Wildman–Crippen MR) is 240 cm³/mol. The summed E-state index contributed by atoms with van der Waals surface area (Å²) in [5, 5.41) is 17.5. The maximum absolute atomic E-state index is 13.6. The van der Waals surface area contributed by atoms with Crippen LogP contribution < -0.4 is 42.6 Å². The molecule has 0 spiro atoms. The van der Waals surface area contributed by atoms with Gasteiger partial charge in [-0.05, 0) is 74.7 Å². The van der Waals surface area contributed by atoms with Crippen LogP contribution in [-0.4, -0.2) is 89.3 Å². The van der Waals surface area contributed by atoms with Crippen LogP contribution in [0.3, 0.4) is 0 Å². The number of hydrogen-bond donors (Lipinski definition) is 6. The van der Waals surface area contributed by atoms with Gasteiger partial charge in [0, 0.05) is 36.1 Å². The Bertz CT molecular complexity index is 2590. The highest BCUT2D eigenvalue weighted by atomic mass is 19.1. The molecule has 6 N–H and O–H groups in total. The van der Waals surface area contributed by atoms with Gasteiger partial charge in [0.15, 0.2) is 0 Å². The fraction of sp³-hybridized carbons (Fsp3) is 0.348. The van der Waals surface area contributed by atoms with Crippen molar-refractivity contribution < 1.29 is 47.1 Å². The lowest BCUT2D eigenvalue weighted by molar-refractivity contribution is -0.132. The first kappa shape index (κ1) is 49.6. The number of aromatic amines is 1. The zero-order valence-electron chi connectivity index (χ0n) is 37.2. The van der Waals surface area contributed by atoms with Crippen molar-refractivity contribution in [3.8, 4) is 5.75 Å². The lowest BCUT2D eigenvalue weighted by atomic mass is 10.0. The van der Waals surface area contributed by atoms with E-state index in [4.69, 9.17) is 18.7 Å². The summed E-state index contributed by atoms with van der Waals surface area (Å²) in [5.74, 6) is -2.70. The number of amides is 5. The van der Waals surface area contributed by atoms with E-state index in [9.17, 15) is 38.0 Å². The molecule has 0 aliphatic heterocycles. The van der Waals surface area contributed by atoms with E-state index >= 15 is 0 Å². The Hall–Kier alpha value is -7.45. The summed E-state index contributed by atoms with van der Waals surface area (Å²) in [7, 11) is 0. The van der Waals surface area contributed by atoms with Crippen molar-refractivity contribution in [3.63, 3.8) is 0 Å². The van der Waals surface area contributed by atoms with Crippen LogP contribution in [0.2, 0.25) is 0 Å². The number of carbonyl (C=O) groups is 5. The third-order valence-corrected chi connectivity index (χ3v) is 10.0. The van der Waals surface area contributed by atoms with Crippen molar-refractivity contribution in [1.29, 1.82) is 0 Å². The van der Waals surface area contributed by atoms with E-state index in [1.165, 1.54) is 19.1 Å². The van der Waals surface area contributed by atoms with Crippen LogP contribution in [0.25, 0.3) is 0 Å². The Morgan fingerprint density at radius 1 is 0.818 bits per heavy atom. The quantitative estimate of drug-likeness (QED) is 0.0515. The summed E-state index contributed by atoms with van der Waals surface area (Å²) < 4.78 is 36.5. The molecule has 5 rings (SSSR count). The number of rotatable bonds is 23. The molecule has 0 aliphatic carbocycles. The molecule has 0 saturated heterocycles. The van der Waals surface area contributed by atoms with Crippen molar-refractivity contribution in [1.82, 2.24) is 30.7 Å². The Morgan fingerprint density at radius 2 is 1.55 bits per heavy atom. The van der Waals surface area contributed by atoms with Crippen molar-refractivity contribution in [3.05, 3.63) is 139 Å². The number of aryl methyl sites for hydroxylation is 2. The molecule has 0 unspecified atom stereocenters. The molecule has 0 fully saturated rings. The second-order valence-corrected chi connectivity index (χ2v) is 15.4. The van der Waals surface area contributed by atoms with Crippen molar-refractivity contribution in [2.75, 3.05) is 43.6 Å². The maximum atomic E-state index is 13.6. The van der Waals surface area contributed by atoms with E-state index in [0.29, 0.717) is 56.0 Å². The highest BCUT2D eigenvalue weighted by molar-refractivity contribution is 6.07. The monoisotopic (exact) mass is 912 g/mol. The van der Waals surface area contributed by atoms with Gasteiger partial charge in [0.25, 0.3) is 17.4 Å². The molecular weight excluding hydrogens is 860 g/mol. The topological polar surface area (TPSA) is 254 Å². The summed E-state index contributed by atoms with van der Waals surface area (Å²) >= 11 is 0. The smallest absolute Gasteiger partial charge is 0.328 e. The number of anilines is 2. The van der Waals surface area contributed by atoms with E-state index in [-0.39, 0.29) is 64.4 Å². The van der Waals surface area contributed by atoms with Crippen LogP contribution in [0.5, 0.6) is 5.75 Å². The Morgan fingerprint density at radius 3 is 2.26 bits per heavy atom. The van der Waals surface area contributed by atoms with Gasteiger partial charge in [-0.1, -0.05) is 49.3 Å². The average molecular weight is 913 g/mol. The number of benzene rings is 3. The molecule has 66 heavy (non-hydrogen) atoms. The van der Waals surface area contributed by atoms with Crippen molar-refractivity contribution in [2.24, 2.45) is 5.92 Å². The number of nitrogens with one attached hydrogen (secondary N) is 6. The van der Waals surface area contributed by atoms with Gasteiger partial charge in [-0.15, -0.1) is 0 Å². The molecule has 0 saturated carbocycles. The number of hydrogen-bond acceptors (Lipinski definition) is 12. The first-order valence-corrected chi connectivity index (χ1v) is 21.1. The van der Waals surface area contributed by atoms with E-state index in [1.807, 2.05) is 6.92 Å². The molecule has 20 heteroatoms. The number of ether oxygens (including phenoxy) is 3. The Labute approximate surface area is 378 Å². The van der Waals surface area contributed by atoms with Gasteiger partial charge in [-0.25, -0.2) is 4.79 Å². The molecule has 2 heterocycles. The number of carbonyl (C=O) groups excluding carboxylic acids is 5. The Kier molecular flexibility index (Phi) is 18.0. The van der Waals surface area contributed by atoms with Gasteiger partial charge in [-0.2, -0.15) is 4.39 Å². The minimum absolute atomic E-state index is 0.0376. The van der Waals surface area contributed by atoms with Gasteiger partial charge in [0.1, 0.15) is 30.2 Å².